The van der Waals surface area contributed by atoms with Crippen LogP contribution in [0.2, 0.25) is 0 Å². The van der Waals surface area contributed by atoms with Crippen molar-refractivity contribution in [3.63, 3.8) is 0 Å². The second kappa shape index (κ2) is 7.40. The van der Waals surface area contributed by atoms with Gasteiger partial charge in [0, 0.05) is 24.2 Å². The first-order valence-corrected chi connectivity index (χ1v) is 11.6. The summed E-state index contributed by atoms with van der Waals surface area (Å²) in [5, 5.41) is 0. The Morgan fingerprint density at radius 3 is 2.78 bits per heavy atom. The predicted octanol–water partition coefficient (Wildman–Crippen LogP) is 3.54. The minimum absolute atomic E-state index is 0.0947. The Balaban J connectivity index is 1.45. The first-order chi connectivity index (χ1) is 13.0. The maximum absolute atomic E-state index is 12.7. The van der Waals surface area contributed by atoms with Crippen molar-refractivity contribution < 1.29 is 13.2 Å². The van der Waals surface area contributed by atoms with Crippen LogP contribution >= 0.6 is 0 Å². The van der Waals surface area contributed by atoms with Crippen molar-refractivity contribution in [2.45, 2.75) is 69.2 Å². The van der Waals surface area contributed by atoms with Gasteiger partial charge in [-0.15, -0.1) is 0 Å². The summed E-state index contributed by atoms with van der Waals surface area (Å²) in [5.74, 6) is 0.355. The van der Waals surface area contributed by atoms with E-state index >= 15 is 0 Å². The molecule has 1 atom stereocenters. The van der Waals surface area contributed by atoms with Crippen molar-refractivity contribution in [3.05, 3.63) is 35.4 Å². The second-order valence-electron chi connectivity index (χ2n) is 8.08. The highest BCUT2D eigenvalue weighted by Crippen LogP contribution is 2.39. The number of amides is 1. The van der Waals surface area contributed by atoms with Crippen molar-refractivity contribution in [3.8, 4) is 0 Å². The van der Waals surface area contributed by atoms with Crippen LogP contribution in [-0.4, -0.2) is 26.9 Å². The van der Waals surface area contributed by atoms with Crippen LogP contribution in [0.15, 0.2) is 34.7 Å². The van der Waals surface area contributed by atoms with Gasteiger partial charge in [-0.1, -0.05) is 11.6 Å². The fourth-order valence-corrected chi connectivity index (χ4v) is 5.28. The number of nitrogens with zero attached hydrogens (tertiary/aromatic N) is 1. The Bertz CT molecular complexity index is 871. The first-order valence-electron chi connectivity index (χ1n) is 10.1. The number of nitrogens with one attached hydrogen (secondary N) is 1. The number of rotatable bonds is 6. The summed E-state index contributed by atoms with van der Waals surface area (Å²) in [6.07, 6.45) is 10.3. The average Bonchev–Trinajstić information content (AvgIpc) is 3.44. The van der Waals surface area contributed by atoms with E-state index in [0.717, 1.165) is 43.4 Å². The van der Waals surface area contributed by atoms with Crippen LogP contribution in [0.5, 0.6) is 0 Å². The van der Waals surface area contributed by atoms with Crippen LogP contribution in [-0.2, 0) is 21.2 Å². The van der Waals surface area contributed by atoms with Gasteiger partial charge in [-0.25, -0.2) is 13.1 Å². The molecule has 6 heteroatoms. The van der Waals surface area contributed by atoms with Gasteiger partial charge in [-0.05, 0) is 82.1 Å². The Labute approximate surface area is 161 Å². The van der Waals surface area contributed by atoms with E-state index in [1.165, 1.54) is 18.4 Å². The summed E-state index contributed by atoms with van der Waals surface area (Å²) in [5.41, 5.74) is 3.20. The zero-order valence-electron chi connectivity index (χ0n) is 15.9. The summed E-state index contributed by atoms with van der Waals surface area (Å²) in [6.45, 7) is 2.47. The molecule has 4 rings (SSSR count). The molecular formula is C21H28N2O3S. The van der Waals surface area contributed by atoms with E-state index in [1.807, 2.05) is 11.8 Å². The summed E-state index contributed by atoms with van der Waals surface area (Å²) in [6, 6.07) is 5.27. The zero-order chi connectivity index (χ0) is 19.0. The molecule has 5 nitrogen and oxygen atoms in total. The van der Waals surface area contributed by atoms with Crippen LogP contribution in [0.1, 0.15) is 57.4 Å². The number of carbonyl (C=O) groups is 1. The zero-order valence-corrected chi connectivity index (χ0v) is 16.7. The largest absolute Gasteiger partial charge is 0.309 e. The minimum Gasteiger partial charge on any atom is -0.309 e. The van der Waals surface area contributed by atoms with Crippen molar-refractivity contribution in [2.75, 3.05) is 11.4 Å². The normalized spacial score (nSPS) is 22.5. The smallest absolute Gasteiger partial charge is 0.240 e. The van der Waals surface area contributed by atoms with Crippen molar-refractivity contribution in [2.24, 2.45) is 5.92 Å². The Morgan fingerprint density at radius 2 is 2.07 bits per heavy atom. The van der Waals surface area contributed by atoms with Crippen molar-refractivity contribution in [1.29, 1.82) is 0 Å². The van der Waals surface area contributed by atoms with Gasteiger partial charge >= 0.3 is 0 Å². The molecule has 1 fully saturated rings. The van der Waals surface area contributed by atoms with E-state index in [0.29, 0.717) is 17.9 Å². The summed E-state index contributed by atoms with van der Waals surface area (Å²) in [4.78, 5) is 14.7. The number of allylic oxidation sites excluding steroid dienone is 1. The molecule has 1 heterocycles. The topological polar surface area (TPSA) is 66.5 Å². The van der Waals surface area contributed by atoms with Gasteiger partial charge in [-0.3, -0.25) is 4.79 Å². The second-order valence-corrected chi connectivity index (χ2v) is 9.85. The molecule has 1 saturated carbocycles. The predicted molar refractivity (Wildman–Crippen MR) is 106 cm³/mol. The van der Waals surface area contributed by atoms with Crippen LogP contribution in [0.25, 0.3) is 0 Å². The van der Waals surface area contributed by atoms with E-state index in [-0.39, 0.29) is 17.9 Å². The quantitative estimate of drug-likeness (QED) is 0.758. The lowest BCUT2D eigenvalue weighted by Crippen LogP contribution is -2.36. The molecule has 3 aliphatic rings. The van der Waals surface area contributed by atoms with Gasteiger partial charge in [0.15, 0.2) is 0 Å². The van der Waals surface area contributed by atoms with E-state index in [4.69, 9.17) is 0 Å². The lowest BCUT2D eigenvalue weighted by atomic mass is 9.97. The number of sulfonamides is 1. The Hall–Kier alpha value is -1.66. The van der Waals surface area contributed by atoms with E-state index in [1.54, 1.807) is 18.2 Å². The van der Waals surface area contributed by atoms with Gasteiger partial charge in [-0.2, -0.15) is 0 Å². The summed E-state index contributed by atoms with van der Waals surface area (Å²) < 4.78 is 28.1. The minimum atomic E-state index is -3.52. The summed E-state index contributed by atoms with van der Waals surface area (Å²) in [7, 11) is -3.52. The number of carbonyl (C=O) groups excluding carboxylic acids is 1. The number of benzene rings is 1. The standard InChI is InChI=1S/C21H28N2O3S/c1-15-13-18-14-19(9-10-20(18)23(15)21(24)17-7-8-17)27(25,26)22-12-11-16-5-3-2-4-6-16/h5,9-10,14-15,17,22H,2-4,6-8,11-13H2,1H3/t15-/m0/s1. The molecule has 1 aromatic carbocycles. The van der Waals surface area contributed by atoms with Crippen molar-refractivity contribution >= 4 is 21.6 Å². The molecule has 0 unspecified atom stereocenters. The van der Waals surface area contributed by atoms with Crippen LogP contribution in [0.3, 0.4) is 0 Å². The number of hydrogen-bond donors (Lipinski definition) is 1. The monoisotopic (exact) mass is 388 g/mol. The van der Waals surface area contributed by atoms with Gasteiger partial charge in [0.25, 0.3) is 0 Å². The maximum atomic E-state index is 12.7. The highest BCUT2D eigenvalue weighted by atomic mass is 32.2. The lowest BCUT2D eigenvalue weighted by Gasteiger charge is -2.22. The van der Waals surface area contributed by atoms with Crippen LogP contribution in [0, 0.1) is 5.92 Å². The highest BCUT2D eigenvalue weighted by molar-refractivity contribution is 7.89. The molecule has 1 N–H and O–H groups in total. The molecule has 1 aromatic rings. The van der Waals surface area contributed by atoms with Crippen molar-refractivity contribution in [1.82, 2.24) is 4.72 Å². The average molecular weight is 389 g/mol. The van der Waals surface area contributed by atoms with Crippen LogP contribution in [0.4, 0.5) is 5.69 Å². The Morgan fingerprint density at radius 1 is 1.26 bits per heavy atom. The third kappa shape index (κ3) is 3.97. The molecule has 2 aliphatic carbocycles. The third-order valence-corrected chi connectivity index (χ3v) is 7.32. The number of fused-ring (bicyclic) bond motifs is 1. The van der Waals surface area contributed by atoms with Gasteiger partial charge in [0.2, 0.25) is 15.9 Å². The summed E-state index contributed by atoms with van der Waals surface area (Å²) >= 11 is 0. The van der Waals surface area contributed by atoms with Gasteiger partial charge in [0.1, 0.15) is 0 Å². The SMILES string of the molecule is C[C@H]1Cc2cc(S(=O)(=O)NCCC3=CCCCC3)ccc2N1C(=O)C1CC1. The molecule has 0 radical (unpaired) electrons. The molecule has 1 aliphatic heterocycles. The molecule has 0 bridgehead atoms. The molecular weight excluding hydrogens is 360 g/mol. The first kappa shape index (κ1) is 18.7. The van der Waals surface area contributed by atoms with E-state index in [2.05, 4.69) is 10.8 Å². The molecule has 146 valence electrons. The number of anilines is 1. The lowest BCUT2D eigenvalue weighted by molar-refractivity contribution is -0.120. The van der Waals surface area contributed by atoms with Crippen LogP contribution < -0.4 is 9.62 Å². The van der Waals surface area contributed by atoms with Gasteiger partial charge < -0.3 is 4.90 Å². The molecule has 1 amide bonds. The maximum Gasteiger partial charge on any atom is 0.240 e. The third-order valence-electron chi connectivity index (χ3n) is 5.86. The molecule has 0 spiro atoms. The fraction of sp³-hybridized carbons (Fsp3) is 0.571. The van der Waals surface area contributed by atoms with E-state index < -0.39 is 10.0 Å². The van der Waals surface area contributed by atoms with E-state index in [9.17, 15) is 13.2 Å². The number of hydrogen-bond acceptors (Lipinski definition) is 3. The fourth-order valence-electron chi connectivity index (χ4n) is 4.20. The Kier molecular flexibility index (Phi) is 5.12. The molecule has 0 aromatic heterocycles. The molecule has 27 heavy (non-hydrogen) atoms. The highest BCUT2D eigenvalue weighted by Gasteiger charge is 2.39. The van der Waals surface area contributed by atoms with Gasteiger partial charge in [0.05, 0.1) is 4.90 Å². The molecule has 0 saturated heterocycles.